The van der Waals surface area contributed by atoms with Crippen molar-refractivity contribution in [2.45, 2.75) is 98.5 Å². The van der Waals surface area contributed by atoms with E-state index in [0.717, 1.165) is 36.2 Å². The van der Waals surface area contributed by atoms with Gasteiger partial charge in [0.1, 0.15) is 0 Å². The van der Waals surface area contributed by atoms with Gasteiger partial charge >= 0.3 is 0 Å². The molecule has 4 aliphatic carbocycles. The van der Waals surface area contributed by atoms with Gasteiger partial charge in [-0.1, -0.05) is 59.0 Å². The van der Waals surface area contributed by atoms with Crippen molar-refractivity contribution in [1.29, 1.82) is 0 Å². The molecular formula is C27H43NO3. The number of hydrogen-bond donors (Lipinski definition) is 2. The average Bonchev–Trinajstić information content (AvgIpc) is 3.06. The Morgan fingerprint density at radius 3 is 2.52 bits per heavy atom. The van der Waals surface area contributed by atoms with E-state index < -0.39 is 11.5 Å². The van der Waals surface area contributed by atoms with Crippen molar-refractivity contribution < 1.29 is 15.1 Å². The topological polar surface area (TPSA) is 69.9 Å². The molecule has 0 bridgehead atoms. The minimum absolute atomic E-state index is 0.0450. The number of carbonyl (C=O) groups excluding carboxylic acids is 1. The fourth-order valence-electron chi connectivity index (χ4n) is 8.57. The molecule has 4 aliphatic rings. The van der Waals surface area contributed by atoms with Crippen LogP contribution in [0, 0.1) is 46.3 Å². The van der Waals surface area contributed by atoms with Crippen LogP contribution in [0.25, 0.3) is 0 Å². The first-order valence-electron chi connectivity index (χ1n) is 12.8. The van der Waals surface area contributed by atoms with Gasteiger partial charge in [0, 0.05) is 11.8 Å². The summed E-state index contributed by atoms with van der Waals surface area (Å²) in [6.45, 7) is 11.8. The van der Waals surface area contributed by atoms with Crippen LogP contribution < -0.4 is 0 Å². The number of hydrogen-bond acceptors (Lipinski definition) is 4. The molecule has 31 heavy (non-hydrogen) atoms. The van der Waals surface area contributed by atoms with Crippen LogP contribution in [0.15, 0.2) is 16.8 Å². The fourth-order valence-corrected chi connectivity index (χ4v) is 8.57. The second-order valence-electron chi connectivity index (χ2n) is 12.2. The van der Waals surface area contributed by atoms with Crippen molar-refractivity contribution in [3.8, 4) is 0 Å². The Bertz CT molecular complexity index is 770. The van der Waals surface area contributed by atoms with E-state index in [-0.39, 0.29) is 12.2 Å². The first-order chi connectivity index (χ1) is 14.6. The van der Waals surface area contributed by atoms with Gasteiger partial charge in [-0.05, 0) is 84.7 Å². The Kier molecular flexibility index (Phi) is 6.17. The lowest BCUT2D eigenvalue weighted by atomic mass is 9.45. The van der Waals surface area contributed by atoms with E-state index in [4.69, 9.17) is 0 Å². The Labute approximate surface area is 188 Å². The molecule has 0 amide bonds. The summed E-state index contributed by atoms with van der Waals surface area (Å²) >= 11 is 0. The van der Waals surface area contributed by atoms with Crippen LogP contribution in [-0.4, -0.2) is 27.9 Å². The zero-order chi connectivity index (χ0) is 22.6. The molecule has 0 aromatic carbocycles. The lowest BCUT2D eigenvalue weighted by Gasteiger charge is -2.59. The molecule has 0 radical (unpaired) electrons. The van der Waals surface area contributed by atoms with Gasteiger partial charge in [-0.15, -0.1) is 0 Å². The van der Waals surface area contributed by atoms with Gasteiger partial charge in [-0.25, -0.2) is 0 Å². The lowest BCUT2D eigenvalue weighted by molar-refractivity contribution is -0.124. The maximum Gasteiger partial charge on any atom is 0.158 e. The van der Waals surface area contributed by atoms with Crippen molar-refractivity contribution >= 4 is 11.5 Å². The molecule has 0 aliphatic heterocycles. The van der Waals surface area contributed by atoms with E-state index >= 15 is 0 Å². The normalized spacial score (nSPS) is 44.6. The van der Waals surface area contributed by atoms with Gasteiger partial charge in [-0.3, -0.25) is 4.79 Å². The van der Waals surface area contributed by atoms with Gasteiger partial charge in [0.05, 0.1) is 11.8 Å². The van der Waals surface area contributed by atoms with Crippen LogP contribution in [0.2, 0.25) is 0 Å². The summed E-state index contributed by atoms with van der Waals surface area (Å²) in [5.41, 5.74) is 1.32. The van der Waals surface area contributed by atoms with Crippen LogP contribution in [-0.2, 0) is 4.79 Å². The third-order valence-electron chi connectivity index (χ3n) is 10.2. The first kappa shape index (κ1) is 23.0. The molecular weight excluding hydrogens is 386 g/mol. The zero-order valence-corrected chi connectivity index (χ0v) is 20.2. The molecule has 0 heterocycles. The van der Waals surface area contributed by atoms with Crippen molar-refractivity contribution in [2.75, 3.05) is 0 Å². The maximum atomic E-state index is 12.2. The van der Waals surface area contributed by atoms with Crippen LogP contribution in [0.1, 0.15) is 92.4 Å². The molecule has 3 fully saturated rings. The Morgan fingerprint density at radius 1 is 1.10 bits per heavy atom. The minimum Gasteiger partial charge on any atom is -0.411 e. The van der Waals surface area contributed by atoms with Gasteiger partial charge in [0.25, 0.3) is 0 Å². The molecule has 2 N–H and O–H groups in total. The zero-order valence-electron chi connectivity index (χ0n) is 20.2. The summed E-state index contributed by atoms with van der Waals surface area (Å²) in [7, 11) is 0. The number of fused-ring (bicyclic) bond motifs is 5. The van der Waals surface area contributed by atoms with Crippen LogP contribution in [0.3, 0.4) is 0 Å². The Morgan fingerprint density at radius 2 is 1.84 bits per heavy atom. The summed E-state index contributed by atoms with van der Waals surface area (Å²) < 4.78 is 0. The van der Waals surface area contributed by atoms with E-state index in [0.29, 0.717) is 28.9 Å². The van der Waals surface area contributed by atoms with E-state index in [1.807, 2.05) is 0 Å². The number of aliphatic hydroxyl groups excluding tert-OH is 1. The number of nitrogens with zero attached hydrogens (tertiary/aromatic N) is 1. The maximum absolute atomic E-state index is 12.2. The molecule has 0 saturated heterocycles. The number of aliphatic hydroxyl groups is 1. The molecule has 4 nitrogen and oxygen atoms in total. The van der Waals surface area contributed by atoms with Crippen molar-refractivity contribution in [2.24, 2.45) is 51.5 Å². The standard InChI is InChI=1S/C27H43NO3/c1-16(2)7-6-8-17(3)20-9-10-21-19-15-24(28-31)23-13-18(29)14-25(30)27(23,5)22(19)11-12-26(20,21)4/h13,16-17,19-22,25,30-31H,6-12,14-15H2,1-5H3/b28-24+/t17-,19+,20-,21+,22+,25+,26-,27-/m1/s1. The number of rotatable bonds is 5. The molecule has 3 saturated carbocycles. The Balaban J connectivity index is 1.60. The third-order valence-corrected chi connectivity index (χ3v) is 10.2. The predicted octanol–water partition coefficient (Wildman–Crippen LogP) is 6.01. The largest absolute Gasteiger partial charge is 0.411 e. The summed E-state index contributed by atoms with van der Waals surface area (Å²) in [5.74, 6) is 3.67. The van der Waals surface area contributed by atoms with Crippen LogP contribution >= 0.6 is 0 Å². The monoisotopic (exact) mass is 429 g/mol. The van der Waals surface area contributed by atoms with Gasteiger partial charge < -0.3 is 10.3 Å². The average molecular weight is 430 g/mol. The quantitative estimate of drug-likeness (QED) is 0.415. The summed E-state index contributed by atoms with van der Waals surface area (Å²) in [6, 6.07) is 0. The van der Waals surface area contributed by atoms with E-state index in [2.05, 4.69) is 39.8 Å². The second-order valence-corrected chi connectivity index (χ2v) is 12.2. The summed E-state index contributed by atoms with van der Waals surface area (Å²) in [4.78, 5) is 12.2. The summed E-state index contributed by atoms with van der Waals surface area (Å²) in [5, 5.41) is 24.6. The predicted molar refractivity (Wildman–Crippen MR) is 124 cm³/mol. The highest BCUT2D eigenvalue weighted by atomic mass is 16.4. The van der Waals surface area contributed by atoms with Crippen molar-refractivity contribution in [3.63, 3.8) is 0 Å². The molecule has 0 spiro atoms. The molecule has 8 atom stereocenters. The van der Waals surface area contributed by atoms with E-state index in [9.17, 15) is 15.1 Å². The highest BCUT2D eigenvalue weighted by Gasteiger charge is 2.62. The molecule has 4 rings (SSSR count). The van der Waals surface area contributed by atoms with Gasteiger partial charge in [0.2, 0.25) is 0 Å². The number of oxime groups is 1. The van der Waals surface area contributed by atoms with Crippen molar-refractivity contribution in [1.82, 2.24) is 0 Å². The first-order valence-corrected chi connectivity index (χ1v) is 12.8. The highest BCUT2D eigenvalue weighted by Crippen LogP contribution is 2.67. The smallest absolute Gasteiger partial charge is 0.158 e. The molecule has 174 valence electrons. The third kappa shape index (κ3) is 3.61. The van der Waals surface area contributed by atoms with Gasteiger partial charge in [-0.2, -0.15) is 0 Å². The number of carbonyl (C=O) groups is 1. The highest BCUT2D eigenvalue weighted by molar-refractivity contribution is 6.08. The molecule has 4 heteroatoms. The van der Waals surface area contributed by atoms with Crippen LogP contribution in [0.5, 0.6) is 0 Å². The van der Waals surface area contributed by atoms with Gasteiger partial charge in [0.15, 0.2) is 5.78 Å². The molecule has 0 aromatic heterocycles. The lowest BCUT2D eigenvalue weighted by Crippen LogP contribution is -2.57. The fraction of sp³-hybridized carbons (Fsp3) is 0.852. The minimum atomic E-state index is -0.680. The van der Waals surface area contributed by atoms with E-state index in [1.165, 1.54) is 38.5 Å². The van der Waals surface area contributed by atoms with Crippen LogP contribution in [0.4, 0.5) is 0 Å². The SMILES string of the molecule is CC(C)CCC[C@@H](C)[C@H]1CC[C@H]2[C@@H]3C/C(=N\O)C4=CC(=O)C[C@H](O)[C@]4(C)[C@H]3CC[C@]12C. The second kappa shape index (κ2) is 8.32. The molecule has 0 unspecified atom stereocenters. The Hall–Kier alpha value is -1.16. The number of ketones is 1. The van der Waals surface area contributed by atoms with Crippen molar-refractivity contribution in [3.05, 3.63) is 11.6 Å². The summed E-state index contributed by atoms with van der Waals surface area (Å²) in [6.07, 6.45) is 10.8. The molecule has 0 aromatic rings. The van der Waals surface area contributed by atoms with E-state index in [1.54, 1.807) is 6.08 Å².